The number of nitrogens with one attached hydrogen (secondary N) is 1. The maximum atomic E-state index is 12.9. The van der Waals surface area contributed by atoms with Gasteiger partial charge in [0.15, 0.2) is 0 Å². The quantitative estimate of drug-likeness (QED) is 0.906. The van der Waals surface area contributed by atoms with Crippen LogP contribution in [0.4, 0.5) is 13.2 Å². The zero-order chi connectivity index (χ0) is 18.1. The zero-order valence-corrected chi connectivity index (χ0v) is 14.2. The molecule has 3 rings (SSSR count). The van der Waals surface area contributed by atoms with Gasteiger partial charge in [0, 0.05) is 31.7 Å². The van der Waals surface area contributed by atoms with E-state index < -0.39 is 11.7 Å². The first-order chi connectivity index (χ1) is 11.9. The lowest BCUT2D eigenvalue weighted by Gasteiger charge is -2.38. The van der Waals surface area contributed by atoms with Gasteiger partial charge in [-0.15, -0.1) is 0 Å². The molecule has 1 aromatic rings. The highest BCUT2D eigenvalue weighted by Crippen LogP contribution is 2.44. The molecule has 0 bridgehead atoms. The van der Waals surface area contributed by atoms with Gasteiger partial charge in [0.05, 0.1) is 12.2 Å². The molecule has 2 saturated heterocycles. The van der Waals surface area contributed by atoms with E-state index in [1.165, 1.54) is 12.1 Å². The molecule has 1 N–H and O–H groups in total. The van der Waals surface area contributed by atoms with E-state index in [1.54, 1.807) is 12.0 Å². The first kappa shape index (κ1) is 18.2. The molecule has 1 aromatic carbocycles. The van der Waals surface area contributed by atoms with Crippen molar-refractivity contribution in [1.82, 2.24) is 10.2 Å². The van der Waals surface area contributed by atoms with Gasteiger partial charge >= 0.3 is 6.18 Å². The first-order valence-electron chi connectivity index (χ1n) is 8.52. The molecule has 0 radical (unpaired) electrons. The van der Waals surface area contributed by atoms with E-state index in [0.717, 1.165) is 38.1 Å². The fraction of sp³-hybridized carbons (Fsp3) is 0.611. The molecule has 2 aliphatic rings. The predicted molar refractivity (Wildman–Crippen MR) is 87.3 cm³/mol. The minimum Gasteiger partial charge on any atom is -0.384 e. The summed E-state index contributed by atoms with van der Waals surface area (Å²) in [6.07, 6.45) is -2.54. The molecule has 1 atom stereocenters. The van der Waals surface area contributed by atoms with Crippen molar-refractivity contribution in [3.63, 3.8) is 0 Å². The summed E-state index contributed by atoms with van der Waals surface area (Å²) < 4.78 is 44.1. The van der Waals surface area contributed by atoms with Crippen LogP contribution in [0.5, 0.6) is 0 Å². The molecule has 2 aliphatic heterocycles. The summed E-state index contributed by atoms with van der Waals surface area (Å²) in [6.45, 7) is 3.46. The predicted octanol–water partition coefficient (Wildman–Crippen LogP) is 2.79. The van der Waals surface area contributed by atoms with E-state index in [2.05, 4.69) is 5.32 Å². The number of methoxy groups -OCH3 is 1. The fourth-order valence-corrected chi connectivity index (χ4v) is 4.12. The van der Waals surface area contributed by atoms with Crippen LogP contribution in [0.3, 0.4) is 0 Å². The standard InChI is InChI=1S/C18H23F3N2O2/c1-25-11-15-10-23(12-17(15)5-7-22-8-6-17)16(24)13-3-2-4-14(9-13)18(19,20)21/h2-4,9,15,22H,5-8,10-12H2,1H3. The highest BCUT2D eigenvalue weighted by Gasteiger charge is 2.48. The number of carbonyl (C=O) groups excluding carboxylic acids is 1. The Morgan fingerprint density at radius 2 is 2.08 bits per heavy atom. The second-order valence-electron chi connectivity index (χ2n) is 7.03. The molecule has 7 heteroatoms. The maximum absolute atomic E-state index is 12.9. The smallest absolute Gasteiger partial charge is 0.384 e. The number of rotatable bonds is 3. The van der Waals surface area contributed by atoms with Crippen molar-refractivity contribution in [2.75, 3.05) is 39.9 Å². The Kier molecular flexibility index (Phi) is 5.06. The minimum absolute atomic E-state index is 0.00143. The van der Waals surface area contributed by atoms with Gasteiger partial charge in [-0.25, -0.2) is 0 Å². The normalized spacial score (nSPS) is 23.2. The molecule has 2 fully saturated rings. The summed E-state index contributed by atoms with van der Waals surface area (Å²) in [5, 5.41) is 3.33. The second kappa shape index (κ2) is 6.96. The molecule has 0 aliphatic carbocycles. The molecule has 4 nitrogen and oxygen atoms in total. The fourth-order valence-electron chi connectivity index (χ4n) is 4.12. The maximum Gasteiger partial charge on any atom is 0.416 e. The molecular formula is C18H23F3N2O2. The van der Waals surface area contributed by atoms with Crippen LogP contribution in [0.2, 0.25) is 0 Å². The molecule has 1 unspecified atom stereocenters. The third-order valence-corrected chi connectivity index (χ3v) is 5.50. The third kappa shape index (κ3) is 3.67. The van der Waals surface area contributed by atoms with Crippen molar-refractivity contribution in [1.29, 1.82) is 0 Å². The highest BCUT2D eigenvalue weighted by molar-refractivity contribution is 5.94. The highest BCUT2D eigenvalue weighted by atomic mass is 19.4. The first-order valence-corrected chi connectivity index (χ1v) is 8.52. The van der Waals surface area contributed by atoms with Crippen LogP contribution in [0, 0.1) is 11.3 Å². The lowest BCUT2D eigenvalue weighted by Crippen LogP contribution is -2.43. The van der Waals surface area contributed by atoms with Crippen molar-refractivity contribution in [2.24, 2.45) is 11.3 Å². The number of halogens is 3. The van der Waals surface area contributed by atoms with Gasteiger partial charge in [0.25, 0.3) is 5.91 Å². The largest absolute Gasteiger partial charge is 0.416 e. The number of likely N-dealkylation sites (tertiary alicyclic amines) is 1. The molecule has 0 saturated carbocycles. The van der Waals surface area contributed by atoms with Crippen LogP contribution in [0.25, 0.3) is 0 Å². The summed E-state index contributed by atoms with van der Waals surface area (Å²) in [7, 11) is 1.64. The summed E-state index contributed by atoms with van der Waals surface area (Å²) in [5.41, 5.74) is -0.696. The van der Waals surface area contributed by atoms with E-state index in [0.29, 0.717) is 19.7 Å². The number of benzene rings is 1. The van der Waals surface area contributed by atoms with Gasteiger partial charge in [-0.2, -0.15) is 13.2 Å². The average molecular weight is 356 g/mol. The molecule has 138 valence electrons. The van der Waals surface area contributed by atoms with Gasteiger partial charge in [-0.3, -0.25) is 4.79 Å². The number of piperidine rings is 1. The van der Waals surface area contributed by atoms with E-state index in [9.17, 15) is 18.0 Å². The van der Waals surface area contributed by atoms with Crippen LogP contribution >= 0.6 is 0 Å². The Morgan fingerprint density at radius 1 is 1.36 bits per heavy atom. The summed E-state index contributed by atoms with van der Waals surface area (Å²) in [6, 6.07) is 4.68. The van der Waals surface area contributed by atoms with Crippen LogP contribution in [-0.2, 0) is 10.9 Å². The number of hydrogen-bond acceptors (Lipinski definition) is 3. The number of nitrogens with zero attached hydrogens (tertiary/aromatic N) is 1. The van der Waals surface area contributed by atoms with E-state index in [4.69, 9.17) is 4.74 Å². The number of carbonyl (C=O) groups is 1. The monoisotopic (exact) mass is 356 g/mol. The summed E-state index contributed by atoms with van der Waals surface area (Å²) >= 11 is 0. The summed E-state index contributed by atoms with van der Waals surface area (Å²) in [4.78, 5) is 14.5. The molecule has 2 heterocycles. The second-order valence-corrected chi connectivity index (χ2v) is 7.03. The van der Waals surface area contributed by atoms with Crippen LogP contribution in [0.1, 0.15) is 28.8 Å². The van der Waals surface area contributed by atoms with Crippen molar-refractivity contribution in [2.45, 2.75) is 19.0 Å². The van der Waals surface area contributed by atoms with Crippen molar-refractivity contribution >= 4 is 5.91 Å². The number of hydrogen-bond donors (Lipinski definition) is 1. The lowest BCUT2D eigenvalue weighted by molar-refractivity contribution is -0.137. The Hall–Kier alpha value is -1.60. The topological polar surface area (TPSA) is 41.6 Å². The number of amides is 1. The van der Waals surface area contributed by atoms with E-state index in [1.807, 2.05) is 0 Å². The average Bonchev–Trinajstić information content (AvgIpc) is 2.92. The van der Waals surface area contributed by atoms with Crippen molar-refractivity contribution in [3.05, 3.63) is 35.4 Å². The Bertz CT molecular complexity index is 627. The van der Waals surface area contributed by atoms with Gasteiger partial charge in [0.1, 0.15) is 0 Å². The lowest BCUT2D eigenvalue weighted by atomic mass is 9.71. The Morgan fingerprint density at radius 3 is 2.72 bits per heavy atom. The zero-order valence-electron chi connectivity index (χ0n) is 14.2. The van der Waals surface area contributed by atoms with Crippen LogP contribution in [-0.4, -0.2) is 50.7 Å². The third-order valence-electron chi connectivity index (χ3n) is 5.50. The SMILES string of the molecule is COCC1CN(C(=O)c2cccc(C(F)(F)F)c2)CC12CCNCC2. The Labute approximate surface area is 145 Å². The van der Waals surface area contributed by atoms with Crippen molar-refractivity contribution < 1.29 is 22.7 Å². The van der Waals surface area contributed by atoms with Crippen LogP contribution in [0.15, 0.2) is 24.3 Å². The molecular weight excluding hydrogens is 333 g/mol. The Balaban J connectivity index is 1.81. The number of ether oxygens (including phenoxy) is 1. The molecule has 0 aromatic heterocycles. The minimum atomic E-state index is -4.45. The van der Waals surface area contributed by atoms with Gasteiger partial charge in [-0.05, 0) is 49.5 Å². The van der Waals surface area contributed by atoms with Crippen LogP contribution < -0.4 is 5.32 Å². The van der Waals surface area contributed by atoms with Gasteiger partial charge in [0.2, 0.25) is 0 Å². The van der Waals surface area contributed by atoms with Gasteiger partial charge in [-0.1, -0.05) is 6.07 Å². The molecule has 1 amide bonds. The molecule has 1 spiro atoms. The summed E-state index contributed by atoms with van der Waals surface area (Å²) in [5.74, 6) is -0.114. The molecule has 25 heavy (non-hydrogen) atoms. The van der Waals surface area contributed by atoms with Gasteiger partial charge < -0.3 is 15.0 Å². The number of alkyl halides is 3. The van der Waals surface area contributed by atoms with E-state index >= 15 is 0 Å². The van der Waals surface area contributed by atoms with Crippen molar-refractivity contribution in [3.8, 4) is 0 Å². The van der Waals surface area contributed by atoms with E-state index in [-0.39, 0.29) is 22.8 Å².